The number of carbonyl (C=O) groups excluding carboxylic acids is 4. The first kappa shape index (κ1) is 28.6. The zero-order valence-electron chi connectivity index (χ0n) is 21.2. The third-order valence-corrected chi connectivity index (χ3v) is 7.65. The van der Waals surface area contributed by atoms with Gasteiger partial charge in [-0.15, -0.1) is 0 Å². The molecule has 9 nitrogen and oxygen atoms in total. The summed E-state index contributed by atoms with van der Waals surface area (Å²) in [5.41, 5.74) is 0.972. The van der Waals surface area contributed by atoms with Crippen LogP contribution in [0.5, 0.6) is 11.5 Å². The van der Waals surface area contributed by atoms with Crippen molar-refractivity contribution in [3.63, 3.8) is 0 Å². The van der Waals surface area contributed by atoms with Gasteiger partial charge in [0, 0.05) is 18.8 Å². The molecular weight excluding hydrogens is 593 g/mol. The first-order valence-corrected chi connectivity index (χ1v) is 13.9. The van der Waals surface area contributed by atoms with E-state index >= 15 is 0 Å². The van der Waals surface area contributed by atoms with Crippen LogP contribution >= 0.6 is 27.7 Å². The molecule has 4 amide bonds. The second-order valence-electron chi connectivity index (χ2n) is 8.94. The zero-order chi connectivity index (χ0) is 27.9. The summed E-state index contributed by atoms with van der Waals surface area (Å²) in [6.07, 6.45) is 5.52. The summed E-state index contributed by atoms with van der Waals surface area (Å²) in [5, 5.41) is 2.11. The molecule has 0 aliphatic carbocycles. The van der Waals surface area contributed by atoms with Gasteiger partial charge < -0.3 is 19.7 Å². The van der Waals surface area contributed by atoms with E-state index in [1.807, 2.05) is 0 Å². The number of nitrogens with one attached hydrogen (secondary N) is 1. The van der Waals surface area contributed by atoms with E-state index in [1.54, 1.807) is 23.1 Å². The van der Waals surface area contributed by atoms with Crippen LogP contribution in [0.3, 0.4) is 0 Å². The van der Waals surface area contributed by atoms with Crippen LogP contribution in [0.15, 0.2) is 45.8 Å². The molecule has 0 atom stereocenters. The van der Waals surface area contributed by atoms with Crippen molar-refractivity contribution >= 4 is 62.4 Å². The van der Waals surface area contributed by atoms with Crippen LogP contribution in [0, 0.1) is 5.82 Å². The Kier molecular flexibility index (Phi) is 9.63. The topological polar surface area (TPSA) is 105 Å². The Morgan fingerprint density at radius 2 is 1.79 bits per heavy atom. The maximum Gasteiger partial charge on any atom is 0.294 e. The van der Waals surface area contributed by atoms with Gasteiger partial charge in [-0.3, -0.25) is 24.1 Å². The predicted octanol–water partition coefficient (Wildman–Crippen LogP) is 5.05. The fraction of sp³-hybridized carbons (Fsp3) is 0.333. The molecule has 12 heteroatoms. The number of ether oxygens (including phenoxy) is 2. The highest BCUT2D eigenvalue weighted by Gasteiger charge is 2.37. The van der Waals surface area contributed by atoms with E-state index in [0.29, 0.717) is 34.6 Å². The number of thioether (sulfide) groups is 1. The minimum Gasteiger partial charge on any atom is -0.493 e. The summed E-state index contributed by atoms with van der Waals surface area (Å²) in [6.45, 7) is 0.666. The maximum atomic E-state index is 13.1. The summed E-state index contributed by atoms with van der Waals surface area (Å²) in [7, 11) is 1.43. The molecule has 2 aliphatic rings. The number of carbonyl (C=O) groups is 4. The molecule has 2 saturated heterocycles. The van der Waals surface area contributed by atoms with E-state index in [4.69, 9.17) is 9.47 Å². The van der Waals surface area contributed by atoms with E-state index < -0.39 is 22.9 Å². The number of halogens is 2. The van der Waals surface area contributed by atoms with Crippen LogP contribution in [-0.2, 0) is 14.4 Å². The van der Waals surface area contributed by atoms with Gasteiger partial charge in [-0.2, -0.15) is 0 Å². The number of nitrogens with zero attached hydrogens (tertiary/aromatic N) is 2. The maximum absolute atomic E-state index is 13.1. The molecule has 206 valence electrons. The summed E-state index contributed by atoms with van der Waals surface area (Å²) in [6, 6.07) is 8.60. The molecule has 2 heterocycles. The lowest BCUT2D eigenvalue weighted by Crippen LogP contribution is -2.42. The SMILES string of the molecule is COc1cc(C=C2SC(=O)N(CC(=O)N3CCCCCC3)C2=O)cc(Br)c1OCC(=O)Nc1ccc(F)cc1. The third-order valence-electron chi connectivity index (χ3n) is 6.15. The molecule has 1 N–H and O–H groups in total. The van der Waals surface area contributed by atoms with Gasteiger partial charge in [-0.1, -0.05) is 12.8 Å². The Bertz CT molecular complexity index is 1300. The molecule has 0 bridgehead atoms. The van der Waals surface area contributed by atoms with E-state index in [1.165, 1.54) is 31.4 Å². The van der Waals surface area contributed by atoms with Crippen molar-refractivity contribution < 1.29 is 33.0 Å². The molecular formula is C27H27BrFN3O6S. The second-order valence-corrected chi connectivity index (χ2v) is 10.8. The van der Waals surface area contributed by atoms with Crippen LogP contribution in [-0.4, -0.2) is 66.1 Å². The minimum absolute atomic E-state index is 0.185. The van der Waals surface area contributed by atoms with Gasteiger partial charge in [0.05, 0.1) is 16.5 Å². The monoisotopic (exact) mass is 619 g/mol. The molecule has 0 unspecified atom stereocenters. The number of rotatable bonds is 8. The normalized spacial score (nSPS) is 16.8. The van der Waals surface area contributed by atoms with Crippen molar-refractivity contribution in [3.05, 3.63) is 57.2 Å². The average Bonchev–Trinajstić information content (AvgIpc) is 3.09. The number of benzene rings is 2. The highest BCUT2D eigenvalue weighted by atomic mass is 79.9. The lowest BCUT2D eigenvalue weighted by molar-refractivity contribution is -0.135. The van der Waals surface area contributed by atoms with Gasteiger partial charge in [0.25, 0.3) is 17.1 Å². The largest absolute Gasteiger partial charge is 0.493 e. The van der Waals surface area contributed by atoms with Gasteiger partial charge in [0.15, 0.2) is 18.1 Å². The van der Waals surface area contributed by atoms with Gasteiger partial charge in [0.2, 0.25) is 5.91 Å². The summed E-state index contributed by atoms with van der Waals surface area (Å²) < 4.78 is 24.6. The van der Waals surface area contributed by atoms with Crippen LogP contribution < -0.4 is 14.8 Å². The molecule has 4 rings (SSSR count). The Balaban J connectivity index is 1.42. The van der Waals surface area contributed by atoms with Crippen LogP contribution in [0.25, 0.3) is 6.08 Å². The molecule has 0 radical (unpaired) electrons. The van der Waals surface area contributed by atoms with Gasteiger partial charge in [-0.05, 0) is 88.6 Å². The Hall–Kier alpha value is -3.38. The van der Waals surface area contributed by atoms with Gasteiger partial charge in [0.1, 0.15) is 12.4 Å². The number of hydrogen-bond donors (Lipinski definition) is 1. The average molecular weight is 620 g/mol. The highest BCUT2D eigenvalue weighted by Crippen LogP contribution is 2.39. The molecule has 2 fully saturated rings. The number of methoxy groups -OCH3 is 1. The lowest BCUT2D eigenvalue weighted by Gasteiger charge is -2.22. The van der Waals surface area contributed by atoms with Crippen molar-refractivity contribution in [2.24, 2.45) is 0 Å². The highest BCUT2D eigenvalue weighted by molar-refractivity contribution is 9.10. The van der Waals surface area contributed by atoms with Crippen molar-refractivity contribution in [2.75, 3.05) is 38.7 Å². The number of imide groups is 1. The Morgan fingerprint density at radius 1 is 1.10 bits per heavy atom. The van der Waals surface area contributed by atoms with Crippen molar-refractivity contribution in [2.45, 2.75) is 25.7 Å². The predicted molar refractivity (Wildman–Crippen MR) is 149 cm³/mol. The van der Waals surface area contributed by atoms with Gasteiger partial charge in [-0.25, -0.2) is 4.39 Å². The fourth-order valence-corrected chi connectivity index (χ4v) is 5.59. The molecule has 2 aromatic rings. The first-order valence-electron chi connectivity index (χ1n) is 12.3. The van der Waals surface area contributed by atoms with Crippen molar-refractivity contribution in [1.82, 2.24) is 9.80 Å². The van der Waals surface area contributed by atoms with Crippen LogP contribution in [0.1, 0.15) is 31.2 Å². The number of hydrogen-bond acceptors (Lipinski definition) is 7. The van der Waals surface area contributed by atoms with Crippen LogP contribution in [0.2, 0.25) is 0 Å². The molecule has 2 aromatic carbocycles. The summed E-state index contributed by atoms with van der Waals surface area (Å²) >= 11 is 4.18. The van der Waals surface area contributed by atoms with E-state index in [0.717, 1.165) is 42.3 Å². The number of likely N-dealkylation sites (tertiary alicyclic amines) is 1. The Morgan fingerprint density at radius 3 is 2.46 bits per heavy atom. The molecule has 0 saturated carbocycles. The third kappa shape index (κ3) is 7.39. The fourth-order valence-electron chi connectivity index (χ4n) is 4.17. The number of anilines is 1. The molecule has 0 spiro atoms. The summed E-state index contributed by atoms with van der Waals surface area (Å²) in [4.78, 5) is 53.4. The van der Waals surface area contributed by atoms with E-state index in [-0.39, 0.29) is 29.7 Å². The lowest BCUT2D eigenvalue weighted by atomic mass is 10.2. The van der Waals surface area contributed by atoms with E-state index in [2.05, 4.69) is 21.2 Å². The summed E-state index contributed by atoms with van der Waals surface area (Å²) in [5.74, 6) is -1.07. The van der Waals surface area contributed by atoms with Gasteiger partial charge >= 0.3 is 0 Å². The smallest absolute Gasteiger partial charge is 0.294 e. The van der Waals surface area contributed by atoms with E-state index in [9.17, 15) is 23.6 Å². The van der Waals surface area contributed by atoms with Crippen LogP contribution in [0.4, 0.5) is 14.9 Å². The Labute approximate surface area is 237 Å². The zero-order valence-corrected chi connectivity index (χ0v) is 23.6. The first-order chi connectivity index (χ1) is 18.7. The molecule has 0 aromatic heterocycles. The molecule has 39 heavy (non-hydrogen) atoms. The van der Waals surface area contributed by atoms with Crippen molar-refractivity contribution in [3.8, 4) is 11.5 Å². The number of amides is 4. The second kappa shape index (κ2) is 13.1. The van der Waals surface area contributed by atoms with Crippen molar-refractivity contribution in [1.29, 1.82) is 0 Å². The standard InChI is InChI=1S/C27H27BrFN3O6S/c1-37-21-13-17(12-20(28)25(21)38-16-23(33)30-19-8-6-18(29)7-9-19)14-22-26(35)32(27(36)39-22)15-24(34)31-10-4-2-3-5-11-31/h6-9,12-14H,2-5,10-11,15-16H2,1H3,(H,30,33). The molecule has 2 aliphatic heterocycles. The minimum atomic E-state index is -0.527. The quantitative estimate of drug-likeness (QED) is 0.412.